The summed E-state index contributed by atoms with van der Waals surface area (Å²) in [5, 5.41) is 6.35. The van der Waals surface area contributed by atoms with E-state index in [1.165, 1.54) is 5.56 Å². The lowest BCUT2D eigenvalue weighted by Gasteiger charge is -2.14. The van der Waals surface area contributed by atoms with Gasteiger partial charge in [0.05, 0.1) is 0 Å². The Balaban J connectivity index is 2.10. The quantitative estimate of drug-likeness (QED) is 0.857. The summed E-state index contributed by atoms with van der Waals surface area (Å²) < 4.78 is 0. The second kappa shape index (κ2) is 6.93. The molecule has 0 heterocycles. The zero-order valence-corrected chi connectivity index (χ0v) is 12.8. The number of carbonyl (C=O) groups excluding carboxylic acids is 1. The number of hydrogen-bond acceptors (Lipinski definition) is 2. The highest BCUT2D eigenvalue weighted by Gasteiger charge is 2.07. The smallest absolute Gasteiger partial charge is 0.255 e. The number of carbonyl (C=O) groups is 1. The van der Waals surface area contributed by atoms with Gasteiger partial charge in [0.15, 0.2) is 0 Å². The maximum atomic E-state index is 12.1. The number of benzene rings is 2. The highest BCUT2D eigenvalue weighted by atomic mass is 16.1. The van der Waals surface area contributed by atoms with Gasteiger partial charge in [-0.2, -0.15) is 0 Å². The number of anilines is 2. The lowest BCUT2D eigenvalue weighted by Crippen LogP contribution is -2.13. The Morgan fingerprint density at radius 3 is 2.48 bits per heavy atom. The van der Waals surface area contributed by atoms with E-state index in [9.17, 15) is 4.79 Å². The van der Waals surface area contributed by atoms with Crippen LogP contribution in [0, 0.1) is 12.8 Å². The molecule has 0 saturated heterocycles. The van der Waals surface area contributed by atoms with Gasteiger partial charge in [-0.1, -0.05) is 38.1 Å². The van der Waals surface area contributed by atoms with Crippen molar-refractivity contribution in [1.29, 1.82) is 0 Å². The van der Waals surface area contributed by atoms with Crippen LogP contribution in [0.1, 0.15) is 29.8 Å². The van der Waals surface area contributed by atoms with Crippen LogP contribution in [0.5, 0.6) is 0 Å². The number of rotatable bonds is 5. The Kier molecular flexibility index (Phi) is 4.99. The van der Waals surface area contributed by atoms with Gasteiger partial charge in [-0.15, -0.1) is 0 Å². The monoisotopic (exact) mass is 282 g/mol. The number of amides is 1. The van der Waals surface area contributed by atoms with Crippen LogP contribution in [0.15, 0.2) is 48.5 Å². The molecule has 0 atom stereocenters. The lowest BCUT2D eigenvalue weighted by molar-refractivity contribution is 0.102. The zero-order valence-electron chi connectivity index (χ0n) is 12.8. The van der Waals surface area contributed by atoms with Crippen molar-refractivity contribution in [1.82, 2.24) is 0 Å². The van der Waals surface area contributed by atoms with E-state index in [0.29, 0.717) is 11.5 Å². The Morgan fingerprint density at radius 1 is 1.10 bits per heavy atom. The standard InChI is InChI=1S/C18H22N2O/c1-13(2)12-19-17-11-16(10-9-14(17)3)20-18(21)15-7-5-4-6-8-15/h4-11,13,19H,12H2,1-3H3,(H,20,21). The first-order chi connectivity index (χ1) is 10.1. The van der Waals surface area contributed by atoms with Gasteiger partial charge < -0.3 is 10.6 Å². The molecule has 110 valence electrons. The van der Waals surface area contributed by atoms with E-state index in [1.54, 1.807) is 12.1 Å². The third-order valence-corrected chi connectivity index (χ3v) is 3.23. The molecule has 0 aliphatic carbocycles. The molecule has 0 aliphatic rings. The molecular formula is C18H22N2O. The van der Waals surface area contributed by atoms with Crippen LogP contribution in [0.2, 0.25) is 0 Å². The van der Waals surface area contributed by atoms with E-state index in [4.69, 9.17) is 0 Å². The maximum absolute atomic E-state index is 12.1. The summed E-state index contributed by atoms with van der Waals surface area (Å²) in [5.41, 5.74) is 3.71. The summed E-state index contributed by atoms with van der Waals surface area (Å²) in [7, 11) is 0. The van der Waals surface area contributed by atoms with Crippen molar-refractivity contribution in [3.8, 4) is 0 Å². The van der Waals surface area contributed by atoms with Crippen LogP contribution in [0.3, 0.4) is 0 Å². The number of aryl methyl sites for hydroxylation is 1. The van der Waals surface area contributed by atoms with Crippen molar-refractivity contribution in [2.75, 3.05) is 17.2 Å². The van der Waals surface area contributed by atoms with Crippen LogP contribution < -0.4 is 10.6 Å². The maximum Gasteiger partial charge on any atom is 0.255 e. The minimum atomic E-state index is -0.0886. The van der Waals surface area contributed by atoms with Crippen molar-refractivity contribution >= 4 is 17.3 Å². The minimum Gasteiger partial charge on any atom is -0.385 e. The third-order valence-electron chi connectivity index (χ3n) is 3.23. The highest BCUT2D eigenvalue weighted by molar-refractivity contribution is 6.04. The molecule has 0 unspecified atom stereocenters. The van der Waals surface area contributed by atoms with Crippen LogP contribution in [0.4, 0.5) is 11.4 Å². The topological polar surface area (TPSA) is 41.1 Å². The van der Waals surface area contributed by atoms with Crippen molar-refractivity contribution in [3.05, 3.63) is 59.7 Å². The second-order valence-corrected chi connectivity index (χ2v) is 5.62. The molecule has 0 bridgehead atoms. The molecule has 0 aliphatic heterocycles. The highest BCUT2D eigenvalue weighted by Crippen LogP contribution is 2.21. The van der Waals surface area contributed by atoms with Gasteiger partial charge in [-0.25, -0.2) is 0 Å². The molecule has 0 fully saturated rings. The average Bonchev–Trinajstić information content (AvgIpc) is 2.48. The van der Waals surface area contributed by atoms with Gasteiger partial charge in [0.2, 0.25) is 0 Å². The average molecular weight is 282 g/mol. The van der Waals surface area contributed by atoms with Crippen molar-refractivity contribution in [3.63, 3.8) is 0 Å². The van der Waals surface area contributed by atoms with Gasteiger partial charge in [0.25, 0.3) is 5.91 Å². The SMILES string of the molecule is Cc1ccc(NC(=O)c2ccccc2)cc1NCC(C)C. The van der Waals surface area contributed by atoms with Gasteiger partial charge in [-0.05, 0) is 42.7 Å². The molecule has 0 radical (unpaired) electrons. The molecule has 3 nitrogen and oxygen atoms in total. The fraction of sp³-hybridized carbons (Fsp3) is 0.278. The summed E-state index contributed by atoms with van der Waals surface area (Å²) in [5.74, 6) is 0.487. The number of nitrogens with one attached hydrogen (secondary N) is 2. The molecule has 0 saturated carbocycles. The Hall–Kier alpha value is -2.29. The van der Waals surface area contributed by atoms with Gasteiger partial charge in [0, 0.05) is 23.5 Å². The van der Waals surface area contributed by atoms with Crippen LogP contribution in [0.25, 0.3) is 0 Å². The molecule has 2 rings (SSSR count). The summed E-state index contributed by atoms with van der Waals surface area (Å²) >= 11 is 0. The van der Waals surface area contributed by atoms with Gasteiger partial charge in [-0.3, -0.25) is 4.79 Å². The molecule has 0 spiro atoms. The van der Waals surface area contributed by atoms with E-state index in [1.807, 2.05) is 36.4 Å². The van der Waals surface area contributed by atoms with E-state index in [-0.39, 0.29) is 5.91 Å². The van der Waals surface area contributed by atoms with Crippen molar-refractivity contribution in [2.45, 2.75) is 20.8 Å². The first kappa shape index (κ1) is 15.1. The zero-order chi connectivity index (χ0) is 15.2. The first-order valence-electron chi connectivity index (χ1n) is 7.27. The molecular weight excluding hydrogens is 260 g/mol. The Morgan fingerprint density at radius 2 is 1.81 bits per heavy atom. The van der Waals surface area contributed by atoms with Crippen LogP contribution >= 0.6 is 0 Å². The molecule has 21 heavy (non-hydrogen) atoms. The first-order valence-corrected chi connectivity index (χ1v) is 7.27. The summed E-state index contributed by atoms with van der Waals surface area (Å²) in [6.07, 6.45) is 0. The lowest BCUT2D eigenvalue weighted by atomic mass is 10.1. The van der Waals surface area contributed by atoms with Crippen molar-refractivity contribution < 1.29 is 4.79 Å². The minimum absolute atomic E-state index is 0.0886. The van der Waals surface area contributed by atoms with Gasteiger partial charge >= 0.3 is 0 Å². The molecule has 0 aromatic heterocycles. The largest absolute Gasteiger partial charge is 0.385 e. The van der Waals surface area contributed by atoms with Gasteiger partial charge in [0.1, 0.15) is 0 Å². The number of hydrogen-bond donors (Lipinski definition) is 2. The van der Waals surface area contributed by atoms with E-state index in [2.05, 4.69) is 31.4 Å². The summed E-state index contributed by atoms with van der Waals surface area (Å²) in [6.45, 7) is 7.31. The molecule has 1 amide bonds. The van der Waals surface area contributed by atoms with Crippen LogP contribution in [-0.4, -0.2) is 12.5 Å². The molecule has 3 heteroatoms. The molecule has 2 aromatic rings. The molecule has 2 N–H and O–H groups in total. The summed E-state index contributed by atoms with van der Waals surface area (Å²) in [4.78, 5) is 12.1. The van der Waals surface area contributed by atoms with E-state index >= 15 is 0 Å². The normalized spacial score (nSPS) is 10.5. The Labute approximate surface area is 126 Å². The molecule has 2 aromatic carbocycles. The van der Waals surface area contributed by atoms with E-state index in [0.717, 1.165) is 17.9 Å². The Bertz CT molecular complexity index is 606. The van der Waals surface area contributed by atoms with E-state index < -0.39 is 0 Å². The van der Waals surface area contributed by atoms with Crippen LogP contribution in [-0.2, 0) is 0 Å². The van der Waals surface area contributed by atoms with Crippen molar-refractivity contribution in [2.24, 2.45) is 5.92 Å². The fourth-order valence-corrected chi connectivity index (χ4v) is 2.00. The third kappa shape index (κ3) is 4.35. The summed E-state index contributed by atoms with van der Waals surface area (Å²) in [6, 6.07) is 15.2. The predicted molar refractivity (Wildman–Crippen MR) is 88.9 cm³/mol. The predicted octanol–water partition coefficient (Wildman–Crippen LogP) is 4.32. The fourth-order valence-electron chi connectivity index (χ4n) is 2.00. The second-order valence-electron chi connectivity index (χ2n) is 5.62.